The number of carbonyl (C=O) groups is 1. The average molecular weight is 297 g/mol. The summed E-state index contributed by atoms with van der Waals surface area (Å²) in [6.07, 6.45) is 5.20. The second-order valence-corrected chi connectivity index (χ2v) is 5.75. The van der Waals surface area contributed by atoms with Gasteiger partial charge in [-0.2, -0.15) is 0 Å². The Morgan fingerprint density at radius 2 is 1.95 bits per heavy atom. The highest BCUT2D eigenvalue weighted by molar-refractivity contribution is 6.30. The van der Waals surface area contributed by atoms with E-state index in [1.165, 1.54) is 6.42 Å². The number of methoxy groups -OCH3 is 2. The molecule has 1 aliphatic carbocycles. The second kappa shape index (κ2) is 6.59. The summed E-state index contributed by atoms with van der Waals surface area (Å²) in [5, 5.41) is 0.615. The number of halogens is 1. The molecule has 1 aromatic rings. The normalized spacial score (nSPS) is 17.8. The molecule has 0 spiro atoms. The van der Waals surface area contributed by atoms with Gasteiger partial charge in [-0.3, -0.25) is 4.79 Å². The van der Waals surface area contributed by atoms with Crippen LogP contribution in [-0.2, 0) is 16.0 Å². The zero-order valence-electron chi connectivity index (χ0n) is 12.1. The van der Waals surface area contributed by atoms with Crippen LogP contribution in [0.3, 0.4) is 0 Å². The van der Waals surface area contributed by atoms with Crippen molar-refractivity contribution in [3.8, 4) is 5.75 Å². The predicted molar refractivity (Wildman–Crippen MR) is 79.5 cm³/mol. The summed E-state index contributed by atoms with van der Waals surface area (Å²) in [7, 11) is 3.24. The lowest BCUT2D eigenvalue weighted by Gasteiger charge is -2.34. The van der Waals surface area contributed by atoms with Crippen LogP contribution in [0.15, 0.2) is 18.2 Å². The van der Waals surface area contributed by atoms with Gasteiger partial charge in [0.2, 0.25) is 0 Å². The van der Waals surface area contributed by atoms with Crippen LogP contribution in [0.25, 0.3) is 0 Å². The van der Waals surface area contributed by atoms with Gasteiger partial charge in [0.05, 0.1) is 7.11 Å². The topological polar surface area (TPSA) is 35.5 Å². The Labute approximate surface area is 125 Å². The van der Waals surface area contributed by atoms with Gasteiger partial charge in [-0.1, -0.05) is 30.9 Å². The number of rotatable bonds is 5. The van der Waals surface area contributed by atoms with Crippen molar-refractivity contribution in [2.75, 3.05) is 14.2 Å². The number of Topliss-reactive ketones (excluding diaryl/α,β-unsaturated/α-hetero) is 1. The van der Waals surface area contributed by atoms with Crippen molar-refractivity contribution in [3.63, 3.8) is 0 Å². The standard InChI is InChI=1S/C16H21ClO3/c1-19-14-7-6-13(17)10-12(14)11-15(18)16(20-2)8-4-3-5-9-16/h6-7,10H,3-5,8-9,11H2,1-2H3. The molecule has 0 aromatic heterocycles. The molecule has 1 aromatic carbocycles. The van der Waals surface area contributed by atoms with Crippen molar-refractivity contribution >= 4 is 17.4 Å². The maximum atomic E-state index is 12.7. The predicted octanol–water partition coefficient (Wildman–Crippen LogP) is 3.81. The quantitative estimate of drug-likeness (QED) is 0.829. The molecule has 1 fully saturated rings. The van der Waals surface area contributed by atoms with Gasteiger partial charge in [0.25, 0.3) is 0 Å². The molecule has 0 amide bonds. The van der Waals surface area contributed by atoms with Crippen LogP contribution in [0.4, 0.5) is 0 Å². The third-order valence-electron chi connectivity index (χ3n) is 4.15. The highest BCUT2D eigenvalue weighted by Gasteiger charge is 2.39. The fraction of sp³-hybridized carbons (Fsp3) is 0.562. The van der Waals surface area contributed by atoms with E-state index in [0.717, 1.165) is 31.2 Å². The molecule has 110 valence electrons. The molecule has 0 atom stereocenters. The molecule has 3 nitrogen and oxygen atoms in total. The first-order chi connectivity index (χ1) is 9.61. The van der Waals surface area contributed by atoms with Crippen molar-refractivity contribution in [3.05, 3.63) is 28.8 Å². The summed E-state index contributed by atoms with van der Waals surface area (Å²) in [4.78, 5) is 12.7. The average Bonchev–Trinajstić information content (AvgIpc) is 2.48. The Bertz CT molecular complexity index is 479. The lowest BCUT2D eigenvalue weighted by atomic mass is 9.79. The smallest absolute Gasteiger partial charge is 0.169 e. The van der Waals surface area contributed by atoms with Gasteiger partial charge in [-0.05, 0) is 31.0 Å². The molecular formula is C16H21ClO3. The van der Waals surface area contributed by atoms with E-state index in [9.17, 15) is 4.79 Å². The number of ether oxygens (including phenoxy) is 2. The van der Waals surface area contributed by atoms with E-state index in [0.29, 0.717) is 17.2 Å². The van der Waals surface area contributed by atoms with Crippen molar-refractivity contribution in [2.45, 2.75) is 44.1 Å². The van der Waals surface area contributed by atoms with E-state index in [1.807, 2.05) is 0 Å². The summed E-state index contributed by atoms with van der Waals surface area (Å²) < 4.78 is 10.9. The first-order valence-electron chi connectivity index (χ1n) is 7.02. The maximum Gasteiger partial charge on any atom is 0.169 e. The number of carbonyl (C=O) groups excluding carboxylic acids is 1. The van der Waals surface area contributed by atoms with Gasteiger partial charge >= 0.3 is 0 Å². The minimum atomic E-state index is -0.619. The second-order valence-electron chi connectivity index (χ2n) is 5.32. The Balaban J connectivity index is 2.20. The van der Waals surface area contributed by atoms with E-state index < -0.39 is 5.60 Å². The number of ketones is 1. The monoisotopic (exact) mass is 296 g/mol. The van der Waals surface area contributed by atoms with Gasteiger partial charge in [-0.25, -0.2) is 0 Å². The van der Waals surface area contributed by atoms with E-state index in [4.69, 9.17) is 21.1 Å². The summed E-state index contributed by atoms with van der Waals surface area (Å²) in [6, 6.07) is 5.36. The molecule has 1 saturated carbocycles. The van der Waals surface area contributed by atoms with Crippen molar-refractivity contribution in [1.82, 2.24) is 0 Å². The third-order valence-corrected chi connectivity index (χ3v) is 4.39. The molecule has 0 N–H and O–H groups in total. The van der Waals surface area contributed by atoms with E-state index in [1.54, 1.807) is 32.4 Å². The van der Waals surface area contributed by atoms with Gasteiger partial charge in [-0.15, -0.1) is 0 Å². The van der Waals surface area contributed by atoms with Gasteiger partial charge in [0.1, 0.15) is 11.4 Å². The van der Waals surface area contributed by atoms with Crippen LogP contribution in [0.1, 0.15) is 37.7 Å². The molecule has 0 bridgehead atoms. The Hall–Kier alpha value is -1.06. The van der Waals surface area contributed by atoms with Crippen LogP contribution < -0.4 is 4.74 Å². The zero-order valence-corrected chi connectivity index (χ0v) is 12.8. The fourth-order valence-electron chi connectivity index (χ4n) is 2.94. The molecule has 0 saturated heterocycles. The van der Waals surface area contributed by atoms with Crippen LogP contribution in [0, 0.1) is 0 Å². The molecule has 0 heterocycles. The van der Waals surface area contributed by atoms with Gasteiger partial charge < -0.3 is 9.47 Å². The lowest BCUT2D eigenvalue weighted by Crippen LogP contribution is -2.43. The lowest BCUT2D eigenvalue weighted by molar-refractivity contribution is -0.144. The van der Waals surface area contributed by atoms with Crippen LogP contribution in [0.2, 0.25) is 5.02 Å². The number of hydrogen-bond acceptors (Lipinski definition) is 3. The molecule has 4 heteroatoms. The minimum absolute atomic E-state index is 0.125. The molecule has 1 aliphatic rings. The zero-order chi connectivity index (χ0) is 14.6. The van der Waals surface area contributed by atoms with Crippen molar-refractivity contribution in [1.29, 1.82) is 0 Å². The van der Waals surface area contributed by atoms with Gasteiger partial charge in [0, 0.05) is 24.1 Å². The maximum absolute atomic E-state index is 12.7. The minimum Gasteiger partial charge on any atom is -0.496 e. The Morgan fingerprint density at radius 3 is 2.55 bits per heavy atom. The highest BCUT2D eigenvalue weighted by Crippen LogP contribution is 2.34. The summed E-state index contributed by atoms with van der Waals surface area (Å²) in [5.74, 6) is 0.824. The van der Waals surface area contributed by atoms with Crippen molar-refractivity contribution in [2.24, 2.45) is 0 Å². The first-order valence-corrected chi connectivity index (χ1v) is 7.40. The van der Waals surface area contributed by atoms with Crippen LogP contribution in [-0.4, -0.2) is 25.6 Å². The molecule has 0 unspecified atom stereocenters. The van der Waals surface area contributed by atoms with E-state index in [2.05, 4.69) is 0 Å². The first kappa shape index (κ1) is 15.3. The molecule has 20 heavy (non-hydrogen) atoms. The summed E-state index contributed by atoms with van der Waals surface area (Å²) in [5.41, 5.74) is 0.206. The molecular weight excluding hydrogens is 276 g/mol. The van der Waals surface area contributed by atoms with Crippen molar-refractivity contribution < 1.29 is 14.3 Å². The molecule has 0 aliphatic heterocycles. The SMILES string of the molecule is COc1ccc(Cl)cc1CC(=O)C1(OC)CCCCC1. The molecule has 0 radical (unpaired) electrons. The van der Waals surface area contributed by atoms with E-state index in [-0.39, 0.29) is 5.78 Å². The highest BCUT2D eigenvalue weighted by atomic mass is 35.5. The third kappa shape index (κ3) is 3.15. The fourth-order valence-corrected chi connectivity index (χ4v) is 3.13. The number of benzene rings is 1. The van der Waals surface area contributed by atoms with Crippen LogP contribution in [0.5, 0.6) is 5.75 Å². The molecule has 2 rings (SSSR count). The number of hydrogen-bond donors (Lipinski definition) is 0. The van der Waals surface area contributed by atoms with Gasteiger partial charge in [0.15, 0.2) is 5.78 Å². The summed E-state index contributed by atoms with van der Waals surface area (Å²) in [6.45, 7) is 0. The largest absolute Gasteiger partial charge is 0.496 e. The Kier molecular flexibility index (Phi) is 5.06. The van der Waals surface area contributed by atoms with E-state index >= 15 is 0 Å². The summed E-state index contributed by atoms with van der Waals surface area (Å²) >= 11 is 6.01. The van der Waals surface area contributed by atoms with Crippen LogP contribution >= 0.6 is 11.6 Å². The Morgan fingerprint density at radius 1 is 1.25 bits per heavy atom.